The number of benzene rings is 1. The van der Waals surface area contributed by atoms with Crippen LogP contribution in [0.1, 0.15) is 25.5 Å². The zero-order valence-corrected chi connectivity index (χ0v) is 13.3. The van der Waals surface area contributed by atoms with E-state index >= 15 is 0 Å². The number of alkyl halides is 2. The maximum atomic E-state index is 12.1. The Balaban J connectivity index is 0.00000242. The highest BCUT2D eigenvalue weighted by Crippen LogP contribution is 2.21. The second-order valence-electron chi connectivity index (χ2n) is 5.38. The Hall–Kier alpha value is -1.40. The van der Waals surface area contributed by atoms with Crippen molar-refractivity contribution in [3.05, 3.63) is 29.8 Å². The van der Waals surface area contributed by atoms with Crippen LogP contribution >= 0.6 is 12.4 Å². The minimum absolute atomic E-state index is 0. The maximum Gasteiger partial charge on any atom is 0.387 e. The molecule has 0 saturated carbocycles. The highest BCUT2D eigenvalue weighted by Gasteiger charge is 2.29. The lowest BCUT2D eigenvalue weighted by Gasteiger charge is -2.32. The lowest BCUT2D eigenvalue weighted by atomic mass is 9.88. The van der Waals surface area contributed by atoms with Gasteiger partial charge in [-0.1, -0.05) is 19.1 Å². The molecule has 0 spiro atoms. The van der Waals surface area contributed by atoms with E-state index in [1.165, 1.54) is 12.1 Å². The molecule has 0 bridgehead atoms. The molecule has 1 aliphatic rings. The van der Waals surface area contributed by atoms with Gasteiger partial charge in [-0.15, -0.1) is 12.4 Å². The van der Waals surface area contributed by atoms with Gasteiger partial charge in [-0.2, -0.15) is 8.78 Å². The van der Waals surface area contributed by atoms with Crippen molar-refractivity contribution in [2.75, 3.05) is 13.1 Å². The van der Waals surface area contributed by atoms with Gasteiger partial charge in [0.25, 0.3) is 0 Å². The van der Waals surface area contributed by atoms with Gasteiger partial charge in [0.05, 0.1) is 6.04 Å². The quantitative estimate of drug-likeness (QED) is 0.841. The molecule has 1 aromatic rings. The van der Waals surface area contributed by atoms with E-state index < -0.39 is 6.61 Å². The van der Waals surface area contributed by atoms with Crippen LogP contribution in [0.15, 0.2) is 24.3 Å². The first kappa shape index (κ1) is 18.6. The van der Waals surface area contributed by atoms with Gasteiger partial charge in [0, 0.05) is 5.92 Å². The smallest absolute Gasteiger partial charge is 0.387 e. The second-order valence-corrected chi connectivity index (χ2v) is 5.38. The van der Waals surface area contributed by atoms with Gasteiger partial charge in [0.2, 0.25) is 5.91 Å². The predicted octanol–water partition coefficient (Wildman–Crippen LogP) is 2.74. The number of hydrogen-bond acceptors (Lipinski definition) is 3. The third-order valence-corrected chi connectivity index (χ3v) is 3.90. The highest BCUT2D eigenvalue weighted by molar-refractivity contribution is 5.85. The summed E-state index contributed by atoms with van der Waals surface area (Å²) in [5, 5.41) is 6.10. The molecular formula is C15H21ClF2N2O2. The van der Waals surface area contributed by atoms with E-state index in [2.05, 4.69) is 15.4 Å². The fourth-order valence-corrected chi connectivity index (χ4v) is 2.24. The predicted molar refractivity (Wildman–Crippen MR) is 82.4 cm³/mol. The van der Waals surface area contributed by atoms with Crippen LogP contribution in [-0.2, 0) is 4.79 Å². The molecule has 2 unspecified atom stereocenters. The van der Waals surface area contributed by atoms with E-state index in [0.29, 0.717) is 5.92 Å². The fraction of sp³-hybridized carbons (Fsp3) is 0.533. The highest BCUT2D eigenvalue weighted by atomic mass is 35.5. The number of ether oxygens (including phenoxy) is 1. The first-order valence-corrected chi connectivity index (χ1v) is 7.03. The summed E-state index contributed by atoms with van der Waals surface area (Å²) >= 11 is 0. The normalized spacial score (nSPS) is 17.1. The molecule has 2 rings (SSSR count). The van der Waals surface area contributed by atoms with Crippen LogP contribution in [-0.4, -0.2) is 25.6 Å². The van der Waals surface area contributed by atoms with Crippen molar-refractivity contribution in [1.29, 1.82) is 0 Å². The molecule has 2 atom stereocenters. The Bertz CT molecular complexity index is 481. The number of carbonyl (C=O) groups is 1. The molecule has 7 heteroatoms. The monoisotopic (exact) mass is 334 g/mol. The maximum absolute atomic E-state index is 12.1. The minimum Gasteiger partial charge on any atom is -0.435 e. The topological polar surface area (TPSA) is 50.4 Å². The van der Waals surface area contributed by atoms with Crippen molar-refractivity contribution in [2.24, 2.45) is 11.8 Å². The first-order valence-electron chi connectivity index (χ1n) is 7.03. The van der Waals surface area contributed by atoms with Gasteiger partial charge >= 0.3 is 6.61 Å². The van der Waals surface area contributed by atoms with Crippen LogP contribution in [0.4, 0.5) is 8.78 Å². The molecule has 1 amide bonds. The Kier molecular flexibility index (Phi) is 7.03. The Labute approximate surface area is 135 Å². The van der Waals surface area contributed by atoms with E-state index in [4.69, 9.17) is 0 Å². The molecule has 2 N–H and O–H groups in total. The van der Waals surface area contributed by atoms with E-state index in [1.807, 2.05) is 13.8 Å². The fourth-order valence-electron chi connectivity index (χ4n) is 2.24. The van der Waals surface area contributed by atoms with Crippen LogP contribution in [0.2, 0.25) is 0 Å². The SMILES string of the molecule is CC(NC(=O)C(C)C1CNC1)c1ccc(OC(F)F)cc1.Cl. The van der Waals surface area contributed by atoms with E-state index in [1.54, 1.807) is 12.1 Å². The summed E-state index contributed by atoms with van der Waals surface area (Å²) in [4.78, 5) is 12.1. The molecule has 1 heterocycles. The summed E-state index contributed by atoms with van der Waals surface area (Å²) in [5.41, 5.74) is 0.851. The standard InChI is InChI=1S/C15H20F2N2O2.ClH/c1-9(12-7-18-8-12)14(20)19-10(2)11-3-5-13(6-4-11)21-15(16)17;/h3-6,9-10,12,15,18H,7-8H2,1-2H3,(H,19,20);1H. The molecule has 22 heavy (non-hydrogen) atoms. The third-order valence-electron chi connectivity index (χ3n) is 3.90. The first-order chi connectivity index (χ1) is 9.97. The summed E-state index contributed by atoms with van der Waals surface area (Å²) in [6, 6.07) is 6.14. The lowest BCUT2D eigenvalue weighted by molar-refractivity contribution is -0.127. The van der Waals surface area contributed by atoms with Crippen LogP contribution in [0, 0.1) is 11.8 Å². The Morgan fingerprint density at radius 2 is 1.86 bits per heavy atom. The summed E-state index contributed by atoms with van der Waals surface area (Å²) < 4.78 is 28.4. The van der Waals surface area contributed by atoms with Crippen LogP contribution in [0.5, 0.6) is 5.75 Å². The summed E-state index contributed by atoms with van der Waals surface area (Å²) in [5.74, 6) is 0.484. The van der Waals surface area contributed by atoms with Gasteiger partial charge in [0.1, 0.15) is 5.75 Å². The molecule has 0 aliphatic carbocycles. The largest absolute Gasteiger partial charge is 0.435 e. The number of carbonyl (C=O) groups excluding carboxylic acids is 1. The zero-order chi connectivity index (χ0) is 15.4. The van der Waals surface area contributed by atoms with Crippen LogP contribution in [0.3, 0.4) is 0 Å². The molecule has 0 aromatic heterocycles. The average Bonchev–Trinajstić information content (AvgIpc) is 2.36. The van der Waals surface area contributed by atoms with Crippen molar-refractivity contribution < 1.29 is 18.3 Å². The van der Waals surface area contributed by atoms with Crippen molar-refractivity contribution in [3.8, 4) is 5.75 Å². The number of rotatable bonds is 6. The summed E-state index contributed by atoms with van der Waals surface area (Å²) in [6.07, 6.45) is 0. The van der Waals surface area contributed by atoms with Crippen molar-refractivity contribution in [2.45, 2.75) is 26.5 Å². The third kappa shape index (κ3) is 4.81. The van der Waals surface area contributed by atoms with Gasteiger partial charge in [-0.05, 0) is 43.6 Å². The molecule has 0 radical (unpaired) electrons. The van der Waals surface area contributed by atoms with Gasteiger partial charge in [-0.3, -0.25) is 4.79 Å². The number of hydrogen-bond donors (Lipinski definition) is 2. The number of nitrogens with one attached hydrogen (secondary N) is 2. The van der Waals surface area contributed by atoms with Crippen molar-refractivity contribution >= 4 is 18.3 Å². The van der Waals surface area contributed by atoms with Crippen LogP contribution in [0.25, 0.3) is 0 Å². The molecule has 1 aliphatic heterocycles. The molecule has 1 aromatic carbocycles. The van der Waals surface area contributed by atoms with Gasteiger partial charge in [-0.25, -0.2) is 0 Å². The average molecular weight is 335 g/mol. The van der Waals surface area contributed by atoms with Crippen molar-refractivity contribution in [3.63, 3.8) is 0 Å². The number of halogens is 3. The van der Waals surface area contributed by atoms with E-state index in [0.717, 1.165) is 18.7 Å². The Morgan fingerprint density at radius 1 is 1.27 bits per heavy atom. The van der Waals surface area contributed by atoms with E-state index in [-0.39, 0.29) is 36.0 Å². The van der Waals surface area contributed by atoms with Crippen LogP contribution < -0.4 is 15.4 Å². The lowest BCUT2D eigenvalue weighted by Crippen LogP contribution is -2.49. The Morgan fingerprint density at radius 3 is 2.32 bits per heavy atom. The van der Waals surface area contributed by atoms with Crippen molar-refractivity contribution in [1.82, 2.24) is 10.6 Å². The molecule has 124 valence electrons. The summed E-state index contributed by atoms with van der Waals surface area (Å²) in [6.45, 7) is 2.72. The zero-order valence-electron chi connectivity index (χ0n) is 12.5. The number of amides is 1. The summed E-state index contributed by atoms with van der Waals surface area (Å²) in [7, 11) is 0. The molecule has 4 nitrogen and oxygen atoms in total. The second kappa shape index (κ2) is 8.29. The van der Waals surface area contributed by atoms with Gasteiger partial charge < -0.3 is 15.4 Å². The molecular weight excluding hydrogens is 314 g/mol. The van der Waals surface area contributed by atoms with Gasteiger partial charge in [0.15, 0.2) is 0 Å². The van der Waals surface area contributed by atoms with E-state index in [9.17, 15) is 13.6 Å². The minimum atomic E-state index is -2.83. The molecule has 1 saturated heterocycles. The molecule has 1 fully saturated rings.